The minimum atomic E-state index is 0. The van der Waals surface area contributed by atoms with Gasteiger partial charge in [-0.15, -0.1) is 0 Å². The molecule has 0 nitrogen and oxygen atoms in total. The molecule has 0 heterocycles. The van der Waals surface area contributed by atoms with Crippen LogP contribution in [-0.2, 0) is 0 Å². The van der Waals surface area contributed by atoms with Gasteiger partial charge in [0, 0.05) is 9.52 Å². The Hall–Kier alpha value is 1.22. The summed E-state index contributed by atoms with van der Waals surface area (Å²) < 4.78 is 0. The SMILES string of the molecule is C[SiH2]C.[NaH]. The van der Waals surface area contributed by atoms with Crippen LogP contribution in [0.5, 0.6) is 0 Å². The molecule has 0 fully saturated rings. The average molecular weight is 84.2 g/mol. The first-order valence-electron chi connectivity index (χ1n) is 1.41. The third kappa shape index (κ3) is 10.7. The summed E-state index contributed by atoms with van der Waals surface area (Å²) >= 11 is 0. The van der Waals surface area contributed by atoms with E-state index in [1.54, 1.807) is 0 Å². The normalized spacial score (nSPS) is 4.50. The summed E-state index contributed by atoms with van der Waals surface area (Å²) in [4.78, 5) is 0. The third-order valence-corrected chi connectivity index (χ3v) is 0. The van der Waals surface area contributed by atoms with Gasteiger partial charge < -0.3 is 0 Å². The van der Waals surface area contributed by atoms with Crippen molar-refractivity contribution in [3.63, 3.8) is 0 Å². The molecule has 0 unspecified atom stereocenters. The molecule has 0 rings (SSSR count). The monoisotopic (exact) mass is 84.0 g/mol. The van der Waals surface area contributed by atoms with Crippen LogP contribution in [0.3, 0.4) is 0 Å². The molecule has 0 saturated heterocycles. The van der Waals surface area contributed by atoms with Gasteiger partial charge in [0.1, 0.15) is 0 Å². The zero-order chi connectivity index (χ0) is 2.71. The first-order chi connectivity index (χ1) is 1.41. The third-order valence-electron chi connectivity index (χ3n) is 0. The van der Waals surface area contributed by atoms with Gasteiger partial charge in [-0.05, 0) is 0 Å². The summed E-state index contributed by atoms with van der Waals surface area (Å²) in [5.41, 5.74) is 0. The maximum atomic E-state index is 2.26. The number of rotatable bonds is 0. The molecule has 0 bridgehead atoms. The molecule has 0 amide bonds. The Balaban J connectivity index is 0. The van der Waals surface area contributed by atoms with Crippen LogP contribution in [0.1, 0.15) is 0 Å². The Bertz CT molecular complexity index is 6.00. The summed E-state index contributed by atoms with van der Waals surface area (Å²) in [6.07, 6.45) is 0. The molecule has 0 aliphatic rings. The van der Waals surface area contributed by atoms with Gasteiger partial charge in [0.05, 0.1) is 0 Å². The summed E-state index contributed by atoms with van der Waals surface area (Å²) in [6.45, 7) is 4.53. The van der Waals surface area contributed by atoms with E-state index < -0.39 is 0 Å². The molecule has 4 heavy (non-hydrogen) atoms. The maximum absolute atomic E-state index is 2.26. The Morgan fingerprint density at radius 1 is 1.25 bits per heavy atom. The summed E-state index contributed by atoms with van der Waals surface area (Å²) in [7, 11) is 0.417. The standard InChI is InChI=1S/C2H8Si.Na.H/c1-3-2;;/h3H2,1-2H3;;. The second kappa shape index (κ2) is 8.88. The fourth-order valence-corrected chi connectivity index (χ4v) is 0. The van der Waals surface area contributed by atoms with E-state index in [4.69, 9.17) is 0 Å². The van der Waals surface area contributed by atoms with Crippen molar-refractivity contribution in [2.75, 3.05) is 0 Å². The van der Waals surface area contributed by atoms with E-state index in [1.165, 1.54) is 0 Å². The minimum absolute atomic E-state index is 0. The van der Waals surface area contributed by atoms with Crippen LogP contribution < -0.4 is 0 Å². The van der Waals surface area contributed by atoms with E-state index in [9.17, 15) is 0 Å². The van der Waals surface area contributed by atoms with Gasteiger partial charge in [0.2, 0.25) is 0 Å². The second-order valence-electron chi connectivity index (χ2n) is 0.707. The van der Waals surface area contributed by atoms with E-state index in [-0.39, 0.29) is 29.6 Å². The van der Waals surface area contributed by atoms with Crippen molar-refractivity contribution in [3.8, 4) is 0 Å². The predicted molar refractivity (Wildman–Crippen MR) is 27.4 cm³/mol. The van der Waals surface area contributed by atoms with Crippen LogP contribution in [0.25, 0.3) is 0 Å². The van der Waals surface area contributed by atoms with Crippen LogP contribution in [0.15, 0.2) is 0 Å². The molecule has 0 saturated carbocycles. The Morgan fingerprint density at radius 3 is 1.25 bits per heavy atom. The molecular weight excluding hydrogens is 75.1 g/mol. The molecule has 0 radical (unpaired) electrons. The molecular formula is C2H9NaSi. The molecule has 0 aromatic rings. The quantitative estimate of drug-likeness (QED) is 0.350. The van der Waals surface area contributed by atoms with Crippen molar-refractivity contribution in [1.82, 2.24) is 0 Å². The number of hydrogen-bond acceptors (Lipinski definition) is 0. The van der Waals surface area contributed by atoms with Crippen LogP contribution in [0, 0.1) is 0 Å². The molecule has 22 valence electrons. The van der Waals surface area contributed by atoms with Crippen LogP contribution in [0.2, 0.25) is 13.1 Å². The first kappa shape index (κ1) is 8.96. The zero-order valence-corrected chi connectivity index (χ0v) is 4.12. The van der Waals surface area contributed by atoms with Crippen molar-refractivity contribution < 1.29 is 0 Å². The first-order valence-corrected chi connectivity index (χ1v) is 4.24. The van der Waals surface area contributed by atoms with E-state index in [0.717, 1.165) is 0 Å². The summed E-state index contributed by atoms with van der Waals surface area (Å²) in [5, 5.41) is 0. The predicted octanol–water partition coefficient (Wildman–Crippen LogP) is -0.397. The Morgan fingerprint density at radius 2 is 1.25 bits per heavy atom. The van der Waals surface area contributed by atoms with Crippen LogP contribution >= 0.6 is 0 Å². The van der Waals surface area contributed by atoms with Gasteiger partial charge in [-0.3, -0.25) is 0 Å². The molecule has 0 aliphatic heterocycles. The number of hydrogen-bond donors (Lipinski definition) is 0. The zero-order valence-electron chi connectivity index (χ0n) is 2.71. The van der Waals surface area contributed by atoms with Gasteiger partial charge in [-0.25, -0.2) is 0 Å². The van der Waals surface area contributed by atoms with E-state index in [0.29, 0.717) is 9.52 Å². The summed E-state index contributed by atoms with van der Waals surface area (Å²) in [5.74, 6) is 0. The second-order valence-corrected chi connectivity index (χ2v) is 2.12. The fraction of sp³-hybridized carbons (Fsp3) is 1.00. The van der Waals surface area contributed by atoms with Crippen LogP contribution in [-0.4, -0.2) is 39.1 Å². The molecule has 0 spiro atoms. The van der Waals surface area contributed by atoms with Gasteiger partial charge >= 0.3 is 29.6 Å². The molecule has 2 heteroatoms. The van der Waals surface area contributed by atoms with E-state index in [1.807, 2.05) is 0 Å². The average Bonchev–Trinajstić information content (AvgIpc) is 0.918. The van der Waals surface area contributed by atoms with E-state index >= 15 is 0 Å². The van der Waals surface area contributed by atoms with Crippen molar-refractivity contribution in [2.45, 2.75) is 13.1 Å². The van der Waals surface area contributed by atoms with Gasteiger partial charge in [0.15, 0.2) is 0 Å². The Kier molecular flexibility index (Phi) is 19.9. The van der Waals surface area contributed by atoms with Crippen molar-refractivity contribution >= 4 is 39.1 Å². The summed E-state index contributed by atoms with van der Waals surface area (Å²) in [6, 6.07) is 0. The van der Waals surface area contributed by atoms with Gasteiger partial charge in [-0.1, -0.05) is 13.1 Å². The van der Waals surface area contributed by atoms with Gasteiger partial charge in [0.25, 0.3) is 0 Å². The molecule has 0 N–H and O–H groups in total. The fourth-order valence-electron chi connectivity index (χ4n) is 0. The Labute approximate surface area is 52.1 Å². The van der Waals surface area contributed by atoms with Crippen molar-refractivity contribution in [2.24, 2.45) is 0 Å². The van der Waals surface area contributed by atoms with E-state index in [2.05, 4.69) is 13.1 Å². The van der Waals surface area contributed by atoms with Gasteiger partial charge in [-0.2, -0.15) is 0 Å². The van der Waals surface area contributed by atoms with Crippen molar-refractivity contribution in [3.05, 3.63) is 0 Å². The molecule has 0 aromatic heterocycles. The van der Waals surface area contributed by atoms with Crippen molar-refractivity contribution in [1.29, 1.82) is 0 Å². The molecule has 0 aromatic carbocycles. The molecule has 0 aliphatic carbocycles. The topological polar surface area (TPSA) is 0 Å². The van der Waals surface area contributed by atoms with Crippen LogP contribution in [0.4, 0.5) is 0 Å². The molecule has 0 atom stereocenters.